The minimum absolute atomic E-state index is 0.0801. The van der Waals surface area contributed by atoms with Gasteiger partial charge in [-0.25, -0.2) is 0 Å². The maximum atomic E-state index is 12.2. The van der Waals surface area contributed by atoms with E-state index in [-0.39, 0.29) is 11.6 Å². The third-order valence-corrected chi connectivity index (χ3v) is 4.85. The van der Waals surface area contributed by atoms with E-state index in [2.05, 4.69) is 10.2 Å². The lowest BCUT2D eigenvalue weighted by molar-refractivity contribution is -0.384. The second-order valence-corrected chi connectivity index (χ2v) is 6.59. The van der Waals surface area contributed by atoms with Gasteiger partial charge < -0.3 is 15.0 Å². The molecule has 0 saturated carbocycles. The molecule has 1 fully saturated rings. The minimum atomic E-state index is -0.483. The van der Waals surface area contributed by atoms with Crippen molar-refractivity contribution in [2.45, 2.75) is 12.8 Å². The van der Waals surface area contributed by atoms with Gasteiger partial charge in [-0.15, -0.1) is 0 Å². The van der Waals surface area contributed by atoms with E-state index in [1.54, 1.807) is 6.07 Å². The number of nitro groups is 1. The van der Waals surface area contributed by atoms with E-state index in [1.807, 2.05) is 30.3 Å². The number of hydrogen-bond donors (Lipinski definition) is 1. The van der Waals surface area contributed by atoms with Crippen molar-refractivity contribution in [2.75, 3.05) is 31.6 Å². The topological polar surface area (TPSA) is 84.7 Å². The first kappa shape index (κ1) is 18.7. The van der Waals surface area contributed by atoms with Crippen LogP contribution in [0, 0.1) is 16.0 Å². The van der Waals surface area contributed by atoms with E-state index in [0.29, 0.717) is 18.1 Å². The van der Waals surface area contributed by atoms with Gasteiger partial charge >= 0.3 is 0 Å². The molecule has 1 aliphatic heterocycles. The fourth-order valence-electron chi connectivity index (χ4n) is 3.30. The average molecular weight is 369 g/mol. The molecule has 7 nitrogen and oxygen atoms in total. The predicted octanol–water partition coefficient (Wildman–Crippen LogP) is 3.25. The minimum Gasteiger partial charge on any atom is -0.493 e. The van der Waals surface area contributed by atoms with Gasteiger partial charge in [0, 0.05) is 32.3 Å². The van der Waals surface area contributed by atoms with Crippen molar-refractivity contribution in [3.63, 3.8) is 0 Å². The van der Waals surface area contributed by atoms with Crippen LogP contribution in [0.15, 0.2) is 48.5 Å². The number of ether oxygens (including phenoxy) is 1. The standard InChI is InChI=1S/C20H23N3O4/c1-21-20(24)18-13-16(23(25)26)7-8-19(18)22-11-9-15(10-12-22)14-27-17-5-3-2-4-6-17/h2-8,13,15H,9-12,14H2,1H3,(H,21,24). The molecule has 0 atom stereocenters. The summed E-state index contributed by atoms with van der Waals surface area (Å²) in [4.78, 5) is 24.9. The maximum absolute atomic E-state index is 12.2. The number of nitro benzene ring substituents is 1. The van der Waals surface area contributed by atoms with Crippen LogP contribution >= 0.6 is 0 Å². The molecular weight excluding hydrogens is 346 g/mol. The summed E-state index contributed by atoms with van der Waals surface area (Å²) in [5.41, 5.74) is 0.997. The van der Waals surface area contributed by atoms with Crippen LogP contribution in [0.25, 0.3) is 0 Å². The van der Waals surface area contributed by atoms with Crippen LogP contribution in [-0.4, -0.2) is 37.6 Å². The van der Waals surface area contributed by atoms with Gasteiger partial charge in [-0.3, -0.25) is 14.9 Å². The SMILES string of the molecule is CNC(=O)c1cc([N+](=O)[O-])ccc1N1CCC(COc2ccccc2)CC1. The second-order valence-electron chi connectivity index (χ2n) is 6.59. The Labute approximate surface area is 158 Å². The Kier molecular flexibility index (Phi) is 5.90. The van der Waals surface area contributed by atoms with E-state index in [1.165, 1.54) is 19.2 Å². The normalized spacial score (nSPS) is 14.6. The number of nitrogens with zero attached hydrogens (tertiary/aromatic N) is 2. The number of anilines is 1. The summed E-state index contributed by atoms with van der Waals surface area (Å²) in [7, 11) is 1.53. The summed E-state index contributed by atoms with van der Waals surface area (Å²) >= 11 is 0. The Morgan fingerprint density at radius 3 is 2.56 bits per heavy atom. The summed E-state index contributed by atoms with van der Waals surface area (Å²) in [5, 5.41) is 13.6. The van der Waals surface area contributed by atoms with Crippen LogP contribution in [0.2, 0.25) is 0 Å². The number of piperidine rings is 1. The van der Waals surface area contributed by atoms with Gasteiger partial charge in [0.25, 0.3) is 11.6 Å². The molecular formula is C20H23N3O4. The highest BCUT2D eigenvalue weighted by Crippen LogP contribution is 2.29. The molecule has 2 aromatic carbocycles. The molecule has 142 valence electrons. The van der Waals surface area contributed by atoms with E-state index >= 15 is 0 Å². The molecule has 0 spiro atoms. The number of non-ortho nitro benzene ring substituents is 1. The Morgan fingerprint density at radius 2 is 1.93 bits per heavy atom. The fourth-order valence-corrected chi connectivity index (χ4v) is 3.30. The van der Waals surface area contributed by atoms with Crippen molar-refractivity contribution in [3.05, 3.63) is 64.2 Å². The Bertz CT molecular complexity index is 802. The maximum Gasteiger partial charge on any atom is 0.270 e. The number of para-hydroxylation sites is 1. The number of nitrogens with one attached hydrogen (secondary N) is 1. The molecule has 3 rings (SSSR count). The van der Waals surface area contributed by atoms with Crippen LogP contribution < -0.4 is 15.0 Å². The van der Waals surface area contributed by atoms with Crippen LogP contribution in [0.5, 0.6) is 5.75 Å². The van der Waals surface area contributed by atoms with Gasteiger partial charge in [-0.2, -0.15) is 0 Å². The van der Waals surface area contributed by atoms with Crippen LogP contribution in [0.4, 0.5) is 11.4 Å². The van der Waals surface area contributed by atoms with Gasteiger partial charge in [-0.05, 0) is 37.0 Å². The van der Waals surface area contributed by atoms with Gasteiger partial charge in [0.1, 0.15) is 5.75 Å². The van der Waals surface area contributed by atoms with E-state index < -0.39 is 4.92 Å². The Morgan fingerprint density at radius 1 is 1.22 bits per heavy atom. The molecule has 1 N–H and O–H groups in total. The van der Waals surface area contributed by atoms with Crippen LogP contribution in [0.3, 0.4) is 0 Å². The first-order valence-corrected chi connectivity index (χ1v) is 9.02. The number of carbonyl (C=O) groups is 1. The molecule has 0 aliphatic carbocycles. The molecule has 0 aromatic heterocycles. The monoisotopic (exact) mass is 369 g/mol. The first-order valence-electron chi connectivity index (χ1n) is 9.02. The predicted molar refractivity (Wildman–Crippen MR) is 103 cm³/mol. The Hall–Kier alpha value is -3.09. The number of rotatable bonds is 6. The van der Waals surface area contributed by atoms with Gasteiger partial charge in [0.2, 0.25) is 0 Å². The van der Waals surface area contributed by atoms with Crippen molar-refractivity contribution < 1.29 is 14.5 Å². The van der Waals surface area contributed by atoms with Gasteiger partial charge in [0.05, 0.1) is 22.8 Å². The number of carbonyl (C=O) groups excluding carboxylic acids is 1. The molecule has 1 amide bonds. The van der Waals surface area contributed by atoms with Crippen molar-refractivity contribution in [3.8, 4) is 5.75 Å². The molecule has 0 bridgehead atoms. The lowest BCUT2D eigenvalue weighted by atomic mass is 9.96. The third kappa shape index (κ3) is 4.55. The number of amides is 1. The zero-order valence-corrected chi connectivity index (χ0v) is 15.3. The third-order valence-electron chi connectivity index (χ3n) is 4.85. The number of hydrogen-bond acceptors (Lipinski definition) is 5. The molecule has 7 heteroatoms. The second kappa shape index (κ2) is 8.53. The Balaban J connectivity index is 1.65. The van der Waals surface area contributed by atoms with E-state index in [0.717, 1.165) is 37.4 Å². The van der Waals surface area contributed by atoms with Gasteiger partial charge in [0.15, 0.2) is 0 Å². The average Bonchev–Trinajstić information content (AvgIpc) is 2.72. The number of benzene rings is 2. The summed E-state index contributed by atoms with van der Waals surface area (Å²) in [5.74, 6) is 1.00. The highest BCUT2D eigenvalue weighted by Gasteiger charge is 2.24. The van der Waals surface area contributed by atoms with Crippen LogP contribution in [-0.2, 0) is 0 Å². The summed E-state index contributed by atoms with van der Waals surface area (Å²) < 4.78 is 5.85. The van der Waals surface area contributed by atoms with Crippen molar-refractivity contribution >= 4 is 17.3 Å². The zero-order chi connectivity index (χ0) is 19.2. The van der Waals surface area contributed by atoms with Crippen LogP contribution in [0.1, 0.15) is 23.2 Å². The zero-order valence-electron chi connectivity index (χ0n) is 15.3. The fraction of sp³-hybridized carbons (Fsp3) is 0.350. The quantitative estimate of drug-likeness (QED) is 0.624. The molecule has 1 aliphatic rings. The molecule has 0 unspecified atom stereocenters. The highest BCUT2D eigenvalue weighted by atomic mass is 16.6. The largest absolute Gasteiger partial charge is 0.493 e. The van der Waals surface area contributed by atoms with Crippen molar-refractivity contribution in [1.82, 2.24) is 5.32 Å². The highest BCUT2D eigenvalue weighted by molar-refractivity contribution is 6.00. The first-order chi connectivity index (χ1) is 13.1. The molecule has 1 heterocycles. The lowest BCUT2D eigenvalue weighted by Gasteiger charge is -2.34. The smallest absolute Gasteiger partial charge is 0.270 e. The molecule has 1 saturated heterocycles. The summed E-state index contributed by atoms with van der Waals surface area (Å²) in [6, 6.07) is 14.2. The van der Waals surface area contributed by atoms with Gasteiger partial charge in [-0.1, -0.05) is 18.2 Å². The summed E-state index contributed by atoms with van der Waals surface area (Å²) in [6.07, 6.45) is 1.88. The molecule has 2 aromatic rings. The lowest BCUT2D eigenvalue weighted by Crippen LogP contribution is -2.37. The summed E-state index contributed by atoms with van der Waals surface area (Å²) in [6.45, 7) is 2.23. The van der Waals surface area contributed by atoms with Crippen molar-refractivity contribution in [2.24, 2.45) is 5.92 Å². The molecule has 27 heavy (non-hydrogen) atoms. The van der Waals surface area contributed by atoms with E-state index in [9.17, 15) is 14.9 Å². The van der Waals surface area contributed by atoms with Crippen molar-refractivity contribution in [1.29, 1.82) is 0 Å². The molecule has 0 radical (unpaired) electrons. The van der Waals surface area contributed by atoms with E-state index in [4.69, 9.17) is 4.74 Å².